The molecule has 1 fully saturated rings. The average Bonchev–Trinajstić information content (AvgIpc) is 2.63. The van der Waals surface area contributed by atoms with Gasteiger partial charge in [0.15, 0.2) is 0 Å². The van der Waals surface area contributed by atoms with Crippen LogP contribution in [0.3, 0.4) is 0 Å². The van der Waals surface area contributed by atoms with Gasteiger partial charge in [0, 0.05) is 12.1 Å². The van der Waals surface area contributed by atoms with Crippen LogP contribution in [-0.2, 0) is 6.42 Å². The van der Waals surface area contributed by atoms with Gasteiger partial charge in [-0.1, -0.05) is 37.3 Å². The van der Waals surface area contributed by atoms with Gasteiger partial charge in [0.2, 0.25) is 0 Å². The number of benzene rings is 1. The van der Waals surface area contributed by atoms with E-state index in [9.17, 15) is 0 Å². The maximum absolute atomic E-state index is 3.70. The van der Waals surface area contributed by atoms with Crippen molar-refractivity contribution in [2.24, 2.45) is 0 Å². The normalized spacial score (nSPS) is 25.2. The van der Waals surface area contributed by atoms with Gasteiger partial charge in [-0.25, -0.2) is 0 Å². The van der Waals surface area contributed by atoms with Gasteiger partial charge in [-0.05, 0) is 57.8 Å². The molecular weight excluding hydrogens is 232 g/mol. The van der Waals surface area contributed by atoms with Gasteiger partial charge in [0.25, 0.3) is 0 Å². The summed E-state index contributed by atoms with van der Waals surface area (Å²) in [6.45, 7) is 9.49. The van der Waals surface area contributed by atoms with E-state index < -0.39 is 0 Å². The van der Waals surface area contributed by atoms with Crippen molar-refractivity contribution in [3.8, 4) is 0 Å². The lowest BCUT2D eigenvalue weighted by Crippen LogP contribution is -2.48. The van der Waals surface area contributed by atoms with Crippen LogP contribution in [0, 0.1) is 0 Å². The molecule has 1 aromatic carbocycles. The molecule has 106 valence electrons. The van der Waals surface area contributed by atoms with Crippen molar-refractivity contribution in [3.63, 3.8) is 0 Å². The molecule has 2 nitrogen and oxygen atoms in total. The summed E-state index contributed by atoms with van der Waals surface area (Å²) in [5, 5.41) is 3.70. The van der Waals surface area contributed by atoms with Crippen LogP contribution in [0.2, 0.25) is 0 Å². The van der Waals surface area contributed by atoms with Crippen molar-refractivity contribution in [1.82, 2.24) is 10.2 Å². The molecule has 0 spiro atoms. The number of aryl methyl sites for hydroxylation is 1. The summed E-state index contributed by atoms with van der Waals surface area (Å²) in [4.78, 5) is 2.65. The first kappa shape index (κ1) is 14.5. The van der Waals surface area contributed by atoms with Crippen molar-refractivity contribution in [2.75, 3.05) is 26.2 Å². The maximum Gasteiger partial charge on any atom is 0.0277 e. The van der Waals surface area contributed by atoms with Gasteiger partial charge < -0.3 is 10.2 Å². The van der Waals surface area contributed by atoms with Crippen LogP contribution >= 0.6 is 0 Å². The minimum Gasteiger partial charge on any atom is -0.310 e. The van der Waals surface area contributed by atoms with Gasteiger partial charge in [-0.2, -0.15) is 0 Å². The number of hydrogen-bond acceptors (Lipinski definition) is 2. The summed E-state index contributed by atoms with van der Waals surface area (Å²) < 4.78 is 0. The molecule has 0 bridgehead atoms. The van der Waals surface area contributed by atoms with Crippen molar-refractivity contribution in [2.45, 2.75) is 45.1 Å². The lowest BCUT2D eigenvalue weighted by molar-refractivity contribution is 0.213. The van der Waals surface area contributed by atoms with Gasteiger partial charge >= 0.3 is 0 Å². The number of nitrogens with zero attached hydrogens (tertiary/aromatic N) is 1. The topological polar surface area (TPSA) is 15.3 Å². The lowest BCUT2D eigenvalue weighted by atomic mass is 9.98. The SMILES string of the molecule is CCC1(C)CN(CCCc2ccccc2)CCCN1. The third kappa shape index (κ3) is 4.63. The van der Waals surface area contributed by atoms with E-state index in [1.54, 1.807) is 0 Å². The molecule has 1 heterocycles. The smallest absolute Gasteiger partial charge is 0.0277 e. The summed E-state index contributed by atoms with van der Waals surface area (Å²) in [5.41, 5.74) is 1.78. The summed E-state index contributed by atoms with van der Waals surface area (Å²) in [7, 11) is 0. The van der Waals surface area contributed by atoms with E-state index in [0.717, 1.165) is 0 Å². The summed E-state index contributed by atoms with van der Waals surface area (Å²) in [6.07, 6.45) is 4.96. The fourth-order valence-electron chi connectivity index (χ4n) is 2.90. The van der Waals surface area contributed by atoms with E-state index in [1.807, 2.05) is 0 Å². The minimum absolute atomic E-state index is 0.309. The first-order chi connectivity index (χ1) is 9.22. The lowest BCUT2D eigenvalue weighted by Gasteiger charge is -2.32. The zero-order chi connectivity index (χ0) is 13.6. The van der Waals surface area contributed by atoms with Crippen LogP contribution in [0.5, 0.6) is 0 Å². The summed E-state index contributed by atoms with van der Waals surface area (Å²) in [6, 6.07) is 10.8. The summed E-state index contributed by atoms with van der Waals surface area (Å²) in [5.74, 6) is 0. The molecule has 0 saturated carbocycles. The molecule has 1 aliphatic heterocycles. The van der Waals surface area contributed by atoms with Crippen LogP contribution in [0.4, 0.5) is 0 Å². The second kappa shape index (κ2) is 7.06. The summed E-state index contributed by atoms with van der Waals surface area (Å²) >= 11 is 0. The molecule has 1 aliphatic rings. The first-order valence-electron chi connectivity index (χ1n) is 7.73. The highest BCUT2D eigenvalue weighted by atomic mass is 15.2. The molecule has 0 radical (unpaired) electrons. The molecule has 2 heteroatoms. The molecule has 2 rings (SSSR count). The van der Waals surface area contributed by atoms with Crippen LogP contribution < -0.4 is 5.32 Å². The Morgan fingerprint density at radius 2 is 2.05 bits per heavy atom. The Balaban J connectivity index is 1.78. The van der Waals surface area contributed by atoms with Crippen LogP contribution in [0.1, 0.15) is 38.7 Å². The van der Waals surface area contributed by atoms with E-state index in [-0.39, 0.29) is 0 Å². The van der Waals surface area contributed by atoms with Gasteiger partial charge in [0.05, 0.1) is 0 Å². The van der Waals surface area contributed by atoms with Crippen LogP contribution in [0.25, 0.3) is 0 Å². The Labute approximate surface area is 118 Å². The predicted molar refractivity (Wildman–Crippen MR) is 82.5 cm³/mol. The quantitative estimate of drug-likeness (QED) is 0.875. The second-order valence-corrected chi connectivity index (χ2v) is 6.06. The molecule has 0 aliphatic carbocycles. The standard InChI is InChI=1S/C17H28N2/c1-3-17(2)15-19(14-8-12-18-17)13-7-11-16-9-5-4-6-10-16/h4-6,9-10,18H,3,7-8,11-15H2,1-2H3. The molecular formula is C17H28N2. The minimum atomic E-state index is 0.309. The highest BCUT2D eigenvalue weighted by molar-refractivity contribution is 5.14. The van der Waals surface area contributed by atoms with Crippen LogP contribution in [0.15, 0.2) is 30.3 Å². The van der Waals surface area contributed by atoms with E-state index >= 15 is 0 Å². The molecule has 1 saturated heterocycles. The van der Waals surface area contributed by atoms with E-state index in [4.69, 9.17) is 0 Å². The van der Waals surface area contributed by atoms with E-state index in [0.29, 0.717) is 5.54 Å². The second-order valence-electron chi connectivity index (χ2n) is 6.06. The number of nitrogens with one attached hydrogen (secondary N) is 1. The average molecular weight is 260 g/mol. The Hall–Kier alpha value is -0.860. The number of hydrogen-bond donors (Lipinski definition) is 1. The highest BCUT2D eigenvalue weighted by Gasteiger charge is 2.26. The Kier molecular flexibility index (Phi) is 5.41. The Morgan fingerprint density at radius 1 is 1.26 bits per heavy atom. The van der Waals surface area contributed by atoms with Crippen molar-refractivity contribution >= 4 is 0 Å². The molecule has 1 N–H and O–H groups in total. The van der Waals surface area contributed by atoms with Crippen molar-refractivity contribution in [1.29, 1.82) is 0 Å². The van der Waals surface area contributed by atoms with Gasteiger partial charge in [0.1, 0.15) is 0 Å². The molecule has 0 aromatic heterocycles. The monoisotopic (exact) mass is 260 g/mol. The molecule has 19 heavy (non-hydrogen) atoms. The molecule has 1 unspecified atom stereocenters. The Morgan fingerprint density at radius 3 is 2.79 bits per heavy atom. The first-order valence-corrected chi connectivity index (χ1v) is 7.73. The zero-order valence-corrected chi connectivity index (χ0v) is 12.5. The van der Waals surface area contributed by atoms with Gasteiger partial charge in [-0.3, -0.25) is 0 Å². The fourth-order valence-corrected chi connectivity index (χ4v) is 2.90. The largest absolute Gasteiger partial charge is 0.310 e. The maximum atomic E-state index is 3.70. The van der Waals surface area contributed by atoms with Crippen LogP contribution in [-0.4, -0.2) is 36.6 Å². The molecule has 1 aromatic rings. The molecule has 1 atom stereocenters. The van der Waals surface area contributed by atoms with Crippen molar-refractivity contribution in [3.05, 3.63) is 35.9 Å². The molecule has 0 amide bonds. The van der Waals surface area contributed by atoms with Gasteiger partial charge in [-0.15, -0.1) is 0 Å². The van der Waals surface area contributed by atoms with E-state index in [1.165, 1.54) is 57.4 Å². The Bertz CT molecular complexity index is 363. The zero-order valence-electron chi connectivity index (χ0n) is 12.5. The highest BCUT2D eigenvalue weighted by Crippen LogP contribution is 2.15. The third-order valence-electron chi connectivity index (χ3n) is 4.34. The fraction of sp³-hybridized carbons (Fsp3) is 0.647. The predicted octanol–water partition coefficient (Wildman–Crippen LogP) is 3.08. The third-order valence-corrected chi connectivity index (χ3v) is 4.34. The number of rotatable bonds is 5. The van der Waals surface area contributed by atoms with E-state index in [2.05, 4.69) is 54.4 Å². The van der Waals surface area contributed by atoms with Crippen molar-refractivity contribution < 1.29 is 0 Å².